The van der Waals surface area contributed by atoms with Gasteiger partial charge in [-0.2, -0.15) is 0 Å². The van der Waals surface area contributed by atoms with Crippen LogP contribution in [0.2, 0.25) is 0 Å². The largest absolute Gasteiger partial charge is 0.352 e. The van der Waals surface area contributed by atoms with Crippen LogP contribution in [-0.2, 0) is 32.6 Å². The standard InChI is InChI=1S/C35H37N3O4S/c39-33(22-11-23-38-30-20-9-16-28-17-10-21-32(34(28)30)43(38,41)42)37(25-27-14-5-2-6-15-27)31(24-26-12-3-1-4-13-26)35(40)36-29-18-7-8-19-29/h1-6,9-10,12-17,20-21,29,31H,7-8,11,18-19,22-25H2,(H,36,40). The maximum Gasteiger partial charge on any atom is 0.265 e. The van der Waals surface area contributed by atoms with Crippen LogP contribution >= 0.6 is 0 Å². The average molecular weight is 596 g/mol. The van der Waals surface area contributed by atoms with Crippen molar-refractivity contribution < 1.29 is 18.0 Å². The molecule has 1 N–H and O–H groups in total. The predicted molar refractivity (Wildman–Crippen MR) is 169 cm³/mol. The number of rotatable bonds is 11. The highest BCUT2D eigenvalue weighted by Crippen LogP contribution is 2.42. The number of carbonyl (C=O) groups is 2. The monoisotopic (exact) mass is 595 g/mol. The average Bonchev–Trinajstić information content (AvgIpc) is 3.61. The van der Waals surface area contributed by atoms with Gasteiger partial charge in [-0.3, -0.25) is 13.9 Å². The van der Waals surface area contributed by atoms with Crippen molar-refractivity contribution in [2.45, 2.75) is 68.5 Å². The molecule has 0 bridgehead atoms. The molecule has 1 saturated carbocycles. The van der Waals surface area contributed by atoms with Gasteiger partial charge in [-0.05, 0) is 47.9 Å². The van der Waals surface area contributed by atoms with Crippen LogP contribution < -0.4 is 9.62 Å². The van der Waals surface area contributed by atoms with E-state index in [-0.39, 0.29) is 30.8 Å². The van der Waals surface area contributed by atoms with Crippen molar-refractivity contribution in [1.29, 1.82) is 0 Å². The lowest BCUT2D eigenvalue weighted by Crippen LogP contribution is -2.52. The second-order valence-corrected chi connectivity index (χ2v) is 13.3. The molecule has 8 heteroatoms. The quantitative estimate of drug-likeness (QED) is 0.237. The maximum absolute atomic E-state index is 14.0. The predicted octanol–water partition coefficient (Wildman–Crippen LogP) is 5.83. The Morgan fingerprint density at radius 1 is 0.837 bits per heavy atom. The van der Waals surface area contributed by atoms with E-state index in [0.717, 1.165) is 47.6 Å². The normalized spacial score (nSPS) is 16.3. The molecular formula is C35H37N3O4S. The minimum atomic E-state index is -3.70. The number of hydrogen-bond donors (Lipinski definition) is 1. The number of sulfonamides is 1. The van der Waals surface area contributed by atoms with E-state index in [9.17, 15) is 18.0 Å². The molecule has 43 heavy (non-hydrogen) atoms. The SMILES string of the molecule is O=C(NC1CCCC1)C(Cc1ccccc1)N(Cc1ccccc1)C(=O)CCCN1c2cccc3cccc(c23)S1(=O)=O. The van der Waals surface area contributed by atoms with Gasteiger partial charge in [0.15, 0.2) is 0 Å². The van der Waals surface area contributed by atoms with Gasteiger partial charge in [0.25, 0.3) is 10.0 Å². The van der Waals surface area contributed by atoms with Crippen molar-refractivity contribution in [3.8, 4) is 0 Å². The first-order valence-electron chi connectivity index (χ1n) is 15.1. The van der Waals surface area contributed by atoms with Crippen LogP contribution in [0.5, 0.6) is 0 Å². The van der Waals surface area contributed by atoms with E-state index < -0.39 is 16.1 Å². The second kappa shape index (κ2) is 12.6. The molecule has 1 heterocycles. The summed E-state index contributed by atoms with van der Waals surface area (Å²) in [5.41, 5.74) is 2.57. The maximum atomic E-state index is 14.0. The van der Waals surface area contributed by atoms with Gasteiger partial charge in [0.05, 0.1) is 10.6 Å². The first-order chi connectivity index (χ1) is 20.9. The number of nitrogens with zero attached hydrogens (tertiary/aromatic N) is 2. The molecular weight excluding hydrogens is 558 g/mol. The molecule has 0 spiro atoms. The molecule has 222 valence electrons. The zero-order valence-corrected chi connectivity index (χ0v) is 25.0. The van der Waals surface area contributed by atoms with Crippen molar-refractivity contribution in [3.05, 3.63) is 108 Å². The third kappa shape index (κ3) is 6.15. The van der Waals surface area contributed by atoms with Gasteiger partial charge in [0.1, 0.15) is 6.04 Å². The van der Waals surface area contributed by atoms with Gasteiger partial charge >= 0.3 is 0 Å². The number of carbonyl (C=O) groups excluding carboxylic acids is 2. The molecule has 1 aliphatic carbocycles. The van der Waals surface area contributed by atoms with Gasteiger partial charge in [-0.25, -0.2) is 8.42 Å². The summed E-state index contributed by atoms with van der Waals surface area (Å²) in [5, 5.41) is 4.84. The Bertz CT molecular complexity index is 1700. The molecule has 0 radical (unpaired) electrons. The Morgan fingerprint density at radius 3 is 2.19 bits per heavy atom. The third-order valence-electron chi connectivity index (χ3n) is 8.60. The summed E-state index contributed by atoms with van der Waals surface area (Å²) in [6, 6.07) is 29.9. The summed E-state index contributed by atoms with van der Waals surface area (Å²) in [6.07, 6.45) is 4.95. The van der Waals surface area contributed by atoms with Gasteiger partial charge in [0.2, 0.25) is 11.8 Å². The van der Waals surface area contributed by atoms with Gasteiger partial charge < -0.3 is 10.2 Å². The number of nitrogens with one attached hydrogen (secondary N) is 1. The van der Waals surface area contributed by atoms with Crippen LogP contribution in [0, 0.1) is 0 Å². The lowest BCUT2D eigenvalue weighted by atomic mass is 10.0. The molecule has 7 nitrogen and oxygen atoms in total. The first kappa shape index (κ1) is 28.9. The Kier molecular flexibility index (Phi) is 8.47. The van der Waals surface area contributed by atoms with Crippen LogP contribution in [0.1, 0.15) is 49.7 Å². The topological polar surface area (TPSA) is 86.8 Å². The summed E-state index contributed by atoms with van der Waals surface area (Å²) in [7, 11) is -3.70. The third-order valence-corrected chi connectivity index (χ3v) is 10.5. The van der Waals surface area contributed by atoms with Crippen molar-refractivity contribution in [2.24, 2.45) is 0 Å². The fourth-order valence-electron chi connectivity index (χ4n) is 6.42. The van der Waals surface area contributed by atoms with Crippen molar-refractivity contribution >= 4 is 38.3 Å². The van der Waals surface area contributed by atoms with Crippen LogP contribution in [0.3, 0.4) is 0 Å². The molecule has 0 saturated heterocycles. The Morgan fingerprint density at radius 2 is 1.49 bits per heavy atom. The smallest absolute Gasteiger partial charge is 0.265 e. The molecule has 0 aromatic heterocycles. The fourth-order valence-corrected chi connectivity index (χ4v) is 8.17. The van der Waals surface area contributed by atoms with E-state index >= 15 is 0 Å². The Labute approximate surface area is 253 Å². The molecule has 6 rings (SSSR count). The number of hydrogen-bond acceptors (Lipinski definition) is 4. The van der Waals surface area contributed by atoms with E-state index in [1.807, 2.05) is 84.9 Å². The lowest BCUT2D eigenvalue weighted by molar-refractivity contribution is -0.141. The molecule has 4 aromatic carbocycles. The summed E-state index contributed by atoms with van der Waals surface area (Å²) in [4.78, 5) is 29.9. The number of anilines is 1. The van der Waals surface area contributed by atoms with Crippen molar-refractivity contribution in [1.82, 2.24) is 10.2 Å². The van der Waals surface area contributed by atoms with Gasteiger partial charge in [0, 0.05) is 37.4 Å². The summed E-state index contributed by atoms with van der Waals surface area (Å²) >= 11 is 0. The zero-order valence-electron chi connectivity index (χ0n) is 24.2. The number of amides is 2. The van der Waals surface area contributed by atoms with Crippen LogP contribution in [0.15, 0.2) is 102 Å². The summed E-state index contributed by atoms with van der Waals surface area (Å²) < 4.78 is 28.3. The van der Waals surface area contributed by atoms with E-state index in [0.29, 0.717) is 30.0 Å². The highest BCUT2D eigenvalue weighted by Gasteiger charge is 2.36. The highest BCUT2D eigenvalue weighted by atomic mass is 32.2. The highest BCUT2D eigenvalue weighted by molar-refractivity contribution is 7.93. The number of benzene rings is 4. The first-order valence-corrected chi connectivity index (χ1v) is 16.6. The molecule has 1 aliphatic heterocycles. The minimum absolute atomic E-state index is 0.118. The van der Waals surface area contributed by atoms with Crippen molar-refractivity contribution in [3.63, 3.8) is 0 Å². The lowest BCUT2D eigenvalue weighted by Gasteiger charge is -2.32. The van der Waals surface area contributed by atoms with E-state index in [2.05, 4.69) is 5.32 Å². The van der Waals surface area contributed by atoms with Crippen molar-refractivity contribution in [2.75, 3.05) is 10.8 Å². The van der Waals surface area contributed by atoms with Crippen LogP contribution in [0.25, 0.3) is 10.8 Å². The summed E-state index contributed by atoms with van der Waals surface area (Å²) in [5.74, 6) is -0.303. The molecule has 2 aliphatic rings. The second-order valence-electron chi connectivity index (χ2n) is 11.5. The Hall–Kier alpha value is -4.17. The Balaban J connectivity index is 1.24. The van der Waals surface area contributed by atoms with Gasteiger partial charge in [-0.1, -0.05) is 97.8 Å². The molecule has 1 atom stereocenters. The molecule has 2 amide bonds. The van der Waals surface area contributed by atoms with E-state index in [1.165, 1.54) is 4.31 Å². The molecule has 4 aromatic rings. The molecule has 1 fully saturated rings. The van der Waals surface area contributed by atoms with Crippen LogP contribution in [-0.4, -0.2) is 43.8 Å². The molecule has 1 unspecified atom stereocenters. The fraction of sp³-hybridized carbons (Fsp3) is 0.314. The van der Waals surface area contributed by atoms with Gasteiger partial charge in [-0.15, -0.1) is 0 Å². The van der Waals surface area contributed by atoms with Crippen LogP contribution in [0.4, 0.5) is 5.69 Å². The van der Waals surface area contributed by atoms with E-state index in [1.54, 1.807) is 17.0 Å². The zero-order chi connectivity index (χ0) is 29.8. The van der Waals surface area contributed by atoms with E-state index in [4.69, 9.17) is 0 Å². The summed E-state index contributed by atoms with van der Waals surface area (Å²) in [6.45, 7) is 0.473. The minimum Gasteiger partial charge on any atom is -0.352 e.